The maximum Gasteiger partial charge on any atom is 0.303 e. The van der Waals surface area contributed by atoms with Crippen LogP contribution in [0.5, 0.6) is 0 Å². The molecule has 0 radical (unpaired) electrons. The van der Waals surface area contributed by atoms with E-state index in [0.29, 0.717) is 6.42 Å². The van der Waals surface area contributed by atoms with Crippen LogP contribution in [-0.2, 0) is 4.79 Å². The largest absolute Gasteiger partial charge is 0.481 e. The molecule has 0 amide bonds. The second-order valence-corrected chi connectivity index (χ2v) is 3.15. The molecule has 0 saturated heterocycles. The summed E-state index contributed by atoms with van der Waals surface area (Å²) in [4.78, 5) is 18.4. The SMILES string of the molecule is CCCCCCCCC(=O)O.O=[N+]([O-])O. The summed E-state index contributed by atoms with van der Waals surface area (Å²) in [6, 6.07) is 0. The highest BCUT2D eigenvalue weighted by molar-refractivity contribution is 5.66. The summed E-state index contributed by atoms with van der Waals surface area (Å²) < 4.78 is 0. The lowest BCUT2D eigenvalue weighted by atomic mass is 10.1. The van der Waals surface area contributed by atoms with Crippen LogP contribution in [0, 0.1) is 10.1 Å². The van der Waals surface area contributed by atoms with Crippen molar-refractivity contribution in [1.29, 1.82) is 0 Å². The molecule has 0 rings (SSSR count). The van der Waals surface area contributed by atoms with Gasteiger partial charge in [0.1, 0.15) is 0 Å². The van der Waals surface area contributed by atoms with Crippen LogP contribution in [0.15, 0.2) is 0 Å². The van der Waals surface area contributed by atoms with Crippen molar-refractivity contribution in [3.8, 4) is 0 Å². The molecule has 0 atom stereocenters. The van der Waals surface area contributed by atoms with Gasteiger partial charge in [0, 0.05) is 6.42 Å². The van der Waals surface area contributed by atoms with Crippen LogP contribution in [0.25, 0.3) is 0 Å². The van der Waals surface area contributed by atoms with Crippen LogP contribution >= 0.6 is 0 Å². The lowest BCUT2D eigenvalue weighted by Crippen LogP contribution is -1.93. The summed E-state index contributed by atoms with van der Waals surface area (Å²) >= 11 is 0. The number of carboxylic acids is 1. The molecular weight excluding hydrogens is 202 g/mol. The number of carboxylic acid groups (broad SMARTS) is 1. The van der Waals surface area contributed by atoms with Crippen LogP contribution in [0.3, 0.4) is 0 Å². The van der Waals surface area contributed by atoms with Crippen molar-refractivity contribution in [2.24, 2.45) is 0 Å². The highest BCUT2D eigenvalue weighted by Crippen LogP contribution is 2.06. The number of hydrogen-bond acceptors (Lipinski definition) is 3. The molecule has 2 N–H and O–H groups in total. The average molecular weight is 221 g/mol. The van der Waals surface area contributed by atoms with Gasteiger partial charge in [0.15, 0.2) is 0 Å². The molecule has 90 valence electrons. The van der Waals surface area contributed by atoms with Gasteiger partial charge in [0.05, 0.1) is 0 Å². The number of rotatable bonds is 7. The molecule has 0 heterocycles. The molecule has 0 aliphatic carbocycles. The Bertz CT molecular complexity index is 168. The topological polar surface area (TPSA) is 101 Å². The number of unbranched alkanes of at least 4 members (excludes halogenated alkanes) is 5. The van der Waals surface area contributed by atoms with Gasteiger partial charge in [-0.05, 0) is 6.42 Å². The van der Waals surface area contributed by atoms with E-state index < -0.39 is 11.1 Å². The molecule has 0 spiro atoms. The molecular formula is C9H19NO5. The van der Waals surface area contributed by atoms with Crippen LogP contribution in [0.1, 0.15) is 51.9 Å². The Hall–Kier alpha value is -1.33. The highest BCUT2D eigenvalue weighted by Gasteiger charge is 1.95. The van der Waals surface area contributed by atoms with Gasteiger partial charge in [-0.2, -0.15) is 0 Å². The van der Waals surface area contributed by atoms with E-state index in [1.54, 1.807) is 0 Å². The van der Waals surface area contributed by atoms with Crippen molar-refractivity contribution >= 4 is 5.97 Å². The van der Waals surface area contributed by atoms with Crippen molar-refractivity contribution in [2.45, 2.75) is 51.9 Å². The molecule has 0 aliphatic heterocycles. The second-order valence-electron chi connectivity index (χ2n) is 3.15. The lowest BCUT2D eigenvalue weighted by Gasteiger charge is -1.97. The Morgan fingerprint density at radius 2 is 1.60 bits per heavy atom. The van der Waals surface area contributed by atoms with Crippen LogP contribution < -0.4 is 0 Å². The van der Waals surface area contributed by atoms with Gasteiger partial charge >= 0.3 is 5.97 Å². The zero-order valence-corrected chi connectivity index (χ0v) is 9.02. The van der Waals surface area contributed by atoms with Crippen molar-refractivity contribution in [3.63, 3.8) is 0 Å². The van der Waals surface area contributed by atoms with Gasteiger partial charge in [0.2, 0.25) is 0 Å². The Labute approximate surface area is 89.0 Å². The van der Waals surface area contributed by atoms with E-state index >= 15 is 0 Å². The fraction of sp³-hybridized carbons (Fsp3) is 0.889. The van der Waals surface area contributed by atoms with Gasteiger partial charge in [-0.3, -0.25) is 4.79 Å². The predicted molar refractivity (Wildman–Crippen MR) is 54.4 cm³/mol. The minimum Gasteiger partial charge on any atom is -0.481 e. The highest BCUT2D eigenvalue weighted by atomic mass is 16.9. The molecule has 6 nitrogen and oxygen atoms in total. The Kier molecular flexibility index (Phi) is 13.6. The number of aliphatic carboxylic acids is 1. The third-order valence-corrected chi connectivity index (χ3v) is 1.74. The molecule has 6 heteroatoms. The summed E-state index contributed by atoms with van der Waals surface area (Å²) in [5.74, 6) is -0.666. The molecule has 0 bridgehead atoms. The molecule has 0 aromatic rings. The molecule has 0 aliphatic rings. The Morgan fingerprint density at radius 1 is 1.20 bits per heavy atom. The lowest BCUT2D eigenvalue weighted by molar-refractivity contribution is -0.742. The average Bonchev–Trinajstić information content (AvgIpc) is 2.09. The van der Waals surface area contributed by atoms with E-state index in [4.69, 9.17) is 20.4 Å². The maximum atomic E-state index is 10.1. The van der Waals surface area contributed by atoms with E-state index in [1.807, 2.05) is 0 Å². The first kappa shape index (κ1) is 16.1. The first-order valence-electron chi connectivity index (χ1n) is 5.05. The van der Waals surface area contributed by atoms with Gasteiger partial charge in [-0.25, -0.2) is 0 Å². The minimum atomic E-state index is -1.50. The van der Waals surface area contributed by atoms with Crippen LogP contribution in [-0.4, -0.2) is 21.4 Å². The summed E-state index contributed by atoms with van der Waals surface area (Å²) in [7, 11) is 0. The fourth-order valence-corrected chi connectivity index (χ4v) is 1.06. The normalized spacial score (nSPS) is 8.87. The van der Waals surface area contributed by atoms with Crippen molar-refractivity contribution < 1.29 is 20.2 Å². The number of hydrogen-bond donors (Lipinski definition) is 2. The monoisotopic (exact) mass is 221 g/mol. The van der Waals surface area contributed by atoms with Gasteiger partial charge in [-0.1, -0.05) is 39.0 Å². The second kappa shape index (κ2) is 12.7. The van der Waals surface area contributed by atoms with Gasteiger partial charge in [0.25, 0.3) is 5.09 Å². The first-order chi connectivity index (χ1) is 7.00. The van der Waals surface area contributed by atoms with E-state index in [9.17, 15) is 4.79 Å². The zero-order valence-electron chi connectivity index (χ0n) is 9.02. The summed E-state index contributed by atoms with van der Waals surface area (Å²) in [5.41, 5.74) is 0. The quantitative estimate of drug-likeness (QED) is 0.390. The standard InChI is InChI=1S/C9H18O2.HNO3/c1-2-3-4-5-6-7-8-9(10)11;2-1(3)4/h2-8H2,1H3,(H,10,11);(H,2,3,4). The molecule has 15 heavy (non-hydrogen) atoms. The summed E-state index contributed by atoms with van der Waals surface area (Å²) in [6.45, 7) is 2.18. The van der Waals surface area contributed by atoms with E-state index in [1.165, 1.54) is 25.7 Å². The molecule has 0 fully saturated rings. The van der Waals surface area contributed by atoms with Crippen LogP contribution in [0.2, 0.25) is 0 Å². The third-order valence-electron chi connectivity index (χ3n) is 1.74. The molecule has 0 aromatic carbocycles. The smallest absolute Gasteiger partial charge is 0.303 e. The maximum absolute atomic E-state index is 10.1. The van der Waals surface area contributed by atoms with E-state index in [2.05, 4.69) is 6.92 Å². The van der Waals surface area contributed by atoms with Crippen molar-refractivity contribution in [2.75, 3.05) is 0 Å². The number of nitrogens with zero attached hydrogens (tertiary/aromatic N) is 1. The molecule has 0 saturated carbocycles. The zero-order chi connectivity index (χ0) is 12.1. The van der Waals surface area contributed by atoms with Crippen molar-refractivity contribution in [1.82, 2.24) is 0 Å². The minimum absolute atomic E-state index is 0.339. The molecule has 0 aromatic heterocycles. The fourth-order valence-electron chi connectivity index (χ4n) is 1.06. The first-order valence-corrected chi connectivity index (χ1v) is 5.05. The van der Waals surface area contributed by atoms with Gasteiger partial charge < -0.3 is 10.3 Å². The predicted octanol–water partition coefficient (Wildman–Crippen LogP) is 2.47. The Balaban J connectivity index is 0. The molecule has 0 unspecified atom stereocenters. The Morgan fingerprint density at radius 3 is 2.00 bits per heavy atom. The summed E-state index contributed by atoms with van der Waals surface area (Å²) in [5, 5.41) is 22.0. The number of carbonyl (C=O) groups is 1. The van der Waals surface area contributed by atoms with Gasteiger partial charge in [-0.15, -0.1) is 10.1 Å². The van der Waals surface area contributed by atoms with E-state index in [0.717, 1.165) is 12.8 Å². The third kappa shape index (κ3) is 32.4. The summed E-state index contributed by atoms with van der Waals surface area (Å²) in [6.07, 6.45) is 7.25. The van der Waals surface area contributed by atoms with Crippen molar-refractivity contribution in [3.05, 3.63) is 10.1 Å². The van der Waals surface area contributed by atoms with Crippen LogP contribution in [0.4, 0.5) is 0 Å². The van der Waals surface area contributed by atoms with E-state index in [-0.39, 0.29) is 0 Å².